The van der Waals surface area contributed by atoms with Crippen LogP contribution in [0, 0.1) is 0 Å². The normalized spacial score (nSPS) is 19.1. The highest BCUT2D eigenvalue weighted by atomic mass is 16.5. The van der Waals surface area contributed by atoms with Gasteiger partial charge in [-0.3, -0.25) is 4.90 Å². The van der Waals surface area contributed by atoms with Crippen LogP contribution in [-0.4, -0.2) is 43.7 Å². The van der Waals surface area contributed by atoms with Crippen LogP contribution in [0.25, 0.3) is 0 Å². The molecule has 3 heteroatoms. The highest BCUT2D eigenvalue weighted by Gasteiger charge is 2.19. The summed E-state index contributed by atoms with van der Waals surface area (Å²) in [5.74, 6) is 0. The van der Waals surface area contributed by atoms with Crippen molar-refractivity contribution in [3.63, 3.8) is 0 Å². The standard InChI is InChI=1S/C15H24N2O/c1-13(2)18-15(14-6-4-3-5-7-14)12-17-10-8-16-9-11-17/h3-7,13,15-16H,8-12H2,1-2H3. The first kappa shape index (κ1) is 13.5. The van der Waals surface area contributed by atoms with Gasteiger partial charge in [0.15, 0.2) is 0 Å². The summed E-state index contributed by atoms with van der Waals surface area (Å²) in [4.78, 5) is 2.48. The van der Waals surface area contributed by atoms with Crippen molar-refractivity contribution in [2.75, 3.05) is 32.7 Å². The van der Waals surface area contributed by atoms with Gasteiger partial charge in [-0.15, -0.1) is 0 Å². The fourth-order valence-electron chi connectivity index (χ4n) is 2.35. The largest absolute Gasteiger partial charge is 0.370 e. The molecule has 0 saturated carbocycles. The zero-order chi connectivity index (χ0) is 12.8. The SMILES string of the molecule is CC(C)OC(CN1CCNCC1)c1ccccc1. The van der Waals surface area contributed by atoms with E-state index in [0.29, 0.717) is 0 Å². The average Bonchev–Trinajstić information content (AvgIpc) is 2.40. The van der Waals surface area contributed by atoms with Gasteiger partial charge in [0, 0.05) is 32.7 Å². The lowest BCUT2D eigenvalue weighted by atomic mass is 10.1. The Hall–Kier alpha value is -0.900. The Morgan fingerprint density at radius 3 is 2.44 bits per heavy atom. The first-order valence-corrected chi connectivity index (χ1v) is 6.89. The molecule has 1 aromatic rings. The molecule has 1 N–H and O–H groups in total. The van der Waals surface area contributed by atoms with Gasteiger partial charge < -0.3 is 10.1 Å². The topological polar surface area (TPSA) is 24.5 Å². The van der Waals surface area contributed by atoms with Gasteiger partial charge >= 0.3 is 0 Å². The Kier molecular flexibility index (Phi) is 5.17. The molecule has 0 aromatic heterocycles. The predicted molar refractivity (Wildman–Crippen MR) is 74.7 cm³/mol. The first-order chi connectivity index (χ1) is 8.75. The molecule has 2 rings (SSSR count). The third-order valence-corrected chi connectivity index (χ3v) is 3.24. The number of nitrogens with zero attached hydrogens (tertiary/aromatic N) is 1. The third-order valence-electron chi connectivity index (χ3n) is 3.24. The molecule has 18 heavy (non-hydrogen) atoms. The van der Waals surface area contributed by atoms with Gasteiger partial charge in [-0.2, -0.15) is 0 Å². The monoisotopic (exact) mass is 248 g/mol. The molecule has 0 aliphatic carbocycles. The van der Waals surface area contributed by atoms with Crippen molar-refractivity contribution in [2.45, 2.75) is 26.1 Å². The summed E-state index contributed by atoms with van der Waals surface area (Å²) < 4.78 is 6.08. The Labute approximate surface area is 110 Å². The Morgan fingerprint density at radius 2 is 1.83 bits per heavy atom. The fourth-order valence-corrected chi connectivity index (χ4v) is 2.35. The van der Waals surface area contributed by atoms with Crippen LogP contribution in [0.1, 0.15) is 25.5 Å². The molecule has 3 nitrogen and oxygen atoms in total. The van der Waals surface area contributed by atoms with E-state index in [9.17, 15) is 0 Å². The smallest absolute Gasteiger partial charge is 0.0955 e. The van der Waals surface area contributed by atoms with Crippen molar-refractivity contribution >= 4 is 0 Å². The molecule has 1 saturated heterocycles. The zero-order valence-electron chi connectivity index (χ0n) is 11.4. The van der Waals surface area contributed by atoms with E-state index in [2.05, 4.69) is 54.4 Å². The lowest BCUT2D eigenvalue weighted by Gasteiger charge is -2.31. The Bertz CT molecular complexity index is 334. The highest BCUT2D eigenvalue weighted by Crippen LogP contribution is 2.20. The summed E-state index contributed by atoms with van der Waals surface area (Å²) in [7, 11) is 0. The van der Waals surface area contributed by atoms with Crippen LogP contribution >= 0.6 is 0 Å². The Morgan fingerprint density at radius 1 is 1.17 bits per heavy atom. The van der Waals surface area contributed by atoms with Gasteiger partial charge in [0.25, 0.3) is 0 Å². The second-order valence-electron chi connectivity index (χ2n) is 5.13. The molecule has 0 spiro atoms. The second-order valence-corrected chi connectivity index (χ2v) is 5.13. The number of ether oxygens (including phenoxy) is 1. The molecule has 1 heterocycles. The fraction of sp³-hybridized carbons (Fsp3) is 0.600. The van der Waals surface area contributed by atoms with Crippen molar-refractivity contribution in [1.82, 2.24) is 10.2 Å². The summed E-state index contributed by atoms with van der Waals surface area (Å²) in [6.07, 6.45) is 0.447. The molecule has 0 amide bonds. The number of hydrogen-bond acceptors (Lipinski definition) is 3. The van der Waals surface area contributed by atoms with Gasteiger partial charge in [-0.05, 0) is 19.4 Å². The quantitative estimate of drug-likeness (QED) is 0.863. The van der Waals surface area contributed by atoms with Crippen molar-refractivity contribution in [3.05, 3.63) is 35.9 Å². The van der Waals surface area contributed by atoms with Crippen LogP contribution in [0.15, 0.2) is 30.3 Å². The van der Waals surface area contributed by atoms with Gasteiger partial charge in [0.2, 0.25) is 0 Å². The van der Waals surface area contributed by atoms with Crippen LogP contribution in [0.5, 0.6) is 0 Å². The maximum absolute atomic E-state index is 6.08. The molecule has 1 atom stereocenters. The lowest BCUT2D eigenvalue weighted by Crippen LogP contribution is -2.45. The van der Waals surface area contributed by atoms with E-state index >= 15 is 0 Å². The van der Waals surface area contributed by atoms with E-state index in [1.807, 2.05) is 0 Å². The first-order valence-electron chi connectivity index (χ1n) is 6.89. The van der Waals surface area contributed by atoms with Crippen LogP contribution in [-0.2, 0) is 4.74 Å². The molecular weight excluding hydrogens is 224 g/mol. The van der Waals surface area contributed by atoms with Crippen LogP contribution in [0.2, 0.25) is 0 Å². The number of benzene rings is 1. The average molecular weight is 248 g/mol. The van der Waals surface area contributed by atoms with Crippen molar-refractivity contribution in [1.29, 1.82) is 0 Å². The van der Waals surface area contributed by atoms with Crippen LogP contribution in [0.3, 0.4) is 0 Å². The molecule has 1 aromatic carbocycles. The Balaban J connectivity index is 2.00. The van der Waals surface area contributed by atoms with E-state index in [0.717, 1.165) is 32.7 Å². The number of hydrogen-bond donors (Lipinski definition) is 1. The minimum Gasteiger partial charge on any atom is -0.370 e. The van der Waals surface area contributed by atoms with Crippen molar-refractivity contribution < 1.29 is 4.74 Å². The molecular formula is C15H24N2O. The second kappa shape index (κ2) is 6.88. The van der Waals surface area contributed by atoms with Gasteiger partial charge in [0.1, 0.15) is 0 Å². The summed E-state index contributed by atoms with van der Waals surface area (Å²) in [5.41, 5.74) is 1.28. The number of rotatable bonds is 5. The molecule has 1 fully saturated rings. The molecule has 1 aliphatic heterocycles. The maximum Gasteiger partial charge on any atom is 0.0955 e. The van der Waals surface area contributed by atoms with Gasteiger partial charge in [-0.1, -0.05) is 30.3 Å². The molecule has 0 radical (unpaired) electrons. The summed E-state index contributed by atoms with van der Waals surface area (Å²) in [5, 5.41) is 3.39. The minimum atomic E-state index is 0.185. The molecule has 100 valence electrons. The molecule has 0 bridgehead atoms. The summed E-state index contributed by atoms with van der Waals surface area (Å²) in [6.45, 7) is 9.60. The van der Waals surface area contributed by atoms with Crippen molar-refractivity contribution in [3.8, 4) is 0 Å². The molecule has 1 unspecified atom stereocenters. The van der Waals surface area contributed by atoms with Gasteiger partial charge in [-0.25, -0.2) is 0 Å². The maximum atomic E-state index is 6.08. The zero-order valence-corrected chi connectivity index (χ0v) is 11.4. The summed E-state index contributed by atoms with van der Waals surface area (Å²) in [6, 6.07) is 10.6. The van der Waals surface area contributed by atoms with Crippen LogP contribution < -0.4 is 5.32 Å². The molecule has 1 aliphatic rings. The minimum absolute atomic E-state index is 0.185. The van der Waals surface area contributed by atoms with Crippen molar-refractivity contribution in [2.24, 2.45) is 0 Å². The van der Waals surface area contributed by atoms with E-state index in [1.165, 1.54) is 5.56 Å². The van der Waals surface area contributed by atoms with Gasteiger partial charge in [0.05, 0.1) is 12.2 Å². The summed E-state index contributed by atoms with van der Waals surface area (Å²) >= 11 is 0. The number of nitrogens with one attached hydrogen (secondary N) is 1. The third kappa shape index (κ3) is 4.09. The van der Waals surface area contributed by atoms with Crippen LogP contribution in [0.4, 0.5) is 0 Å². The van der Waals surface area contributed by atoms with E-state index in [-0.39, 0.29) is 12.2 Å². The van der Waals surface area contributed by atoms with E-state index < -0.39 is 0 Å². The predicted octanol–water partition coefficient (Wildman–Crippen LogP) is 2.06. The van der Waals surface area contributed by atoms with E-state index in [4.69, 9.17) is 4.74 Å². The highest BCUT2D eigenvalue weighted by molar-refractivity contribution is 5.18. The number of piperazine rings is 1. The lowest BCUT2D eigenvalue weighted by molar-refractivity contribution is -0.0153. The van der Waals surface area contributed by atoms with E-state index in [1.54, 1.807) is 0 Å².